The number of carbonyl (C=O) groups excluding carboxylic acids is 3. The molecule has 0 aliphatic heterocycles. The van der Waals surface area contributed by atoms with Gasteiger partial charge < -0.3 is 25.4 Å². The van der Waals surface area contributed by atoms with Crippen molar-refractivity contribution in [3.05, 3.63) is 29.8 Å². The highest BCUT2D eigenvalue weighted by molar-refractivity contribution is 7.98. The molecule has 0 spiro atoms. The number of phenolic OH excluding ortho intramolecular Hbond substituents is 1. The molecule has 0 fully saturated rings. The molecule has 0 aromatic heterocycles. The van der Waals surface area contributed by atoms with Crippen molar-refractivity contribution in [2.75, 3.05) is 25.1 Å². The molecule has 34 heavy (non-hydrogen) atoms. The Kier molecular flexibility index (Phi) is 12.9. The summed E-state index contributed by atoms with van der Waals surface area (Å²) >= 11 is 1.55. The van der Waals surface area contributed by atoms with E-state index >= 15 is 0 Å². The van der Waals surface area contributed by atoms with E-state index in [2.05, 4.69) is 17.6 Å². The number of unbranched alkanes of at least 4 members (excludes halogenated alkanes) is 2. The van der Waals surface area contributed by atoms with Gasteiger partial charge >= 0.3 is 6.09 Å². The molecule has 0 saturated carbocycles. The van der Waals surface area contributed by atoms with Crippen molar-refractivity contribution in [3.63, 3.8) is 0 Å². The van der Waals surface area contributed by atoms with Crippen molar-refractivity contribution < 1.29 is 24.2 Å². The van der Waals surface area contributed by atoms with Gasteiger partial charge in [0.05, 0.1) is 0 Å². The van der Waals surface area contributed by atoms with Crippen LogP contribution in [0.4, 0.5) is 4.79 Å². The van der Waals surface area contributed by atoms with Crippen LogP contribution in [0.5, 0.6) is 5.75 Å². The maximum atomic E-state index is 13.7. The molecule has 3 N–H and O–H groups in total. The molecule has 9 heteroatoms. The number of ether oxygens (including phenoxy) is 1. The monoisotopic (exact) mass is 495 g/mol. The van der Waals surface area contributed by atoms with E-state index < -0.39 is 29.7 Å². The lowest BCUT2D eigenvalue weighted by Gasteiger charge is -2.34. The second-order valence-electron chi connectivity index (χ2n) is 9.06. The zero-order valence-electron chi connectivity index (χ0n) is 21.3. The number of nitrogens with zero attached hydrogens (tertiary/aromatic N) is 1. The van der Waals surface area contributed by atoms with Gasteiger partial charge in [0, 0.05) is 18.7 Å². The number of thioether (sulfide) groups is 1. The molecule has 8 nitrogen and oxygen atoms in total. The Hall–Kier alpha value is -2.42. The molecule has 3 amide bonds. The van der Waals surface area contributed by atoms with Crippen LogP contribution in [0.1, 0.15) is 71.9 Å². The molecule has 0 aliphatic carbocycles. The van der Waals surface area contributed by atoms with Gasteiger partial charge in [-0.25, -0.2) is 4.79 Å². The number of nitrogens with one attached hydrogen (secondary N) is 2. The summed E-state index contributed by atoms with van der Waals surface area (Å²) in [7, 11) is 0. The van der Waals surface area contributed by atoms with E-state index in [1.54, 1.807) is 57.7 Å². The van der Waals surface area contributed by atoms with E-state index in [-0.39, 0.29) is 18.2 Å². The summed E-state index contributed by atoms with van der Waals surface area (Å²) in [4.78, 5) is 40.8. The molecule has 0 radical (unpaired) electrons. The molecule has 192 valence electrons. The number of carbonyl (C=O) groups is 3. The van der Waals surface area contributed by atoms with Crippen LogP contribution in [0.25, 0.3) is 0 Å². The highest BCUT2D eigenvalue weighted by Crippen LogP contribution is 2.29. The Morgan fingerprint density at radius 3 is 2.38 bits per heavy atom. The van der Waals surface area contributed by atoms with Crippen LogP contribution in [0.3, 0.4) is 0 Å². The first-order valence-electron chi connectivity index (χ1n) is 11.9. The van der Waals surface area contributed by atoms with Crippen LogP contribution in [0.15, 0.2) is 24.3 Å². The lowest BCUT2D eigenvalue weighted by Crippen LogP contribution is -2.53. The Bertz CT molecular complexity index is 797. The predicted octanol–water partition coefficient (Wildman–Crippen LogP) is 4.23. The zero-order valence-corrected chi connectivity index (χ0v) is 22.2. The van der Waals surface area contributed by atoms with Crippen molar-refractivity contribution in [3.8, 4) is 5.75 Å². The summed E-state index contributed by atoms with van der Waals surface area (Å²) in [5.74, 6) is -0.204. The average Bonchev–Trinajstić information content (AvgIpc) is 2.76. The Labute approximate surface area is 208 Å². The first-order chi connectivity index (χ1) is 16.1. The van der Waals surface area contributed by atoms with Gasteiger partial charge in [0.1, 0.15) is 23.4 Å². The van der Waals surface area contributed by atoms with Crippen molar-refractivity contribution >= 4 is 29.7 Å². The highest BCUT2D eigenvalue weighted by Gasteiger charge is 2.36. The molecule has 0 saturated heterocycles. The van der Waals surface area contributed by atoms with Gasteiger partial charge in [-0.3, -0.25) is 9.59 Å². The van der Waals surface area contributed by atoms with Gasteiger partial charge in [-0.1, -0.05) is 38.0 Å². The number of rotatable bonds is 13. The number of hydrogen-bond donors (Lipinski definition) is 3. The van der Waals surface area contributed by atoms with Crippen LogP contribution in [0, 0.1) is 0 Å². The van der Waals surface area contributed by atoms with Crippen LogP contribution in [-0.2, 0) is 14.3 Å². The average molecular weight is 496 g/mol. The largest absolute Gasteiger partial charge is 0.508 e. The molecule has 0 bridgehead atoms. The summed E-state index contributed by atoms with van der Waals surface area (Å²) in [6.45, 7) is 9.80. The van der Waals surface area contributed by atoms with Crippen LogP contribution in [-0.4, -0.2) is 64.7 Å². The lowest BCUT2D eigenvalue weighted by molar-refractivity contribution is -0.142. The first kappa shape index (κ1) is 29.6. The van der Waals surface area contributed by atoms with Crippen molar-refractivity contribution in [2.45, 2.75) is 78.0 Å². The molecule has 2 unspecified atom stereocenters. The van der Waals surface area contributed by atoms with Crippen molar-refractivity contribution in [2.24, 2.45) is 0 Å². The van der Waals surface area contributed by atoms with Gasteiger partial charge in [-0.2, -0.15) is 11.8 Å². The summed E-state index contributed by atoms with van der Waals surface area (Å²) in [6, 6.07) is 4.61. The SMILES string of the molecule is CCCCCNC(=O)C(c1ccccc1O)N(CC)C(=O)C(CCSC)NC(=O)OC(C)(C)C. The van der Waals surface area contributed by atoms with E-state index in [1.165, 1.54) is 11.0 Å². The predicted molar refractivity (Wildman–Crippen MR) is 137 cm³/mol. The second-order valence-corrected chi connectivity index (χ2v) is 10.0. The minimum atomic E-state index is -1.03. The standard InChI is InChI=1S/C25H41N3O5S/c1-7-9-12-16-26-22(30)21(18-13-10-11-14-20(18)29)28(8-2)23(31)19(15-17-34-6)27-24(32)33-25(3,4)5/h10-11,13-14,19,21,29H,7-9,12,15-17H2,1-6H3,(H,26,30)(H,27,32). The van der Waals surface area contributed by atoms with Gasteiger partial charge in [0.25, 0.3) is 0 Å². The first-order valence-corrected chi connectivity index (χ1v) is 13.3. The van der Waals surface area contributed by atoms with Crippen molar-refractivity contribution in [1.29, 1.82) is 0 Å². The number of para-hydroxylation sites is 1. The second kappa shape index (κ2) is 14.8. The number of hydrogen-bond acceptors (Lipinski definition) is 6. The Morgan fingerprint density at radius 2 is 1.82 bits per heavy atom. The van der Waals surface area contributed by atoms with E-state index in [0.717, 1.165) is 19.3 Å². The fraction of sp³-hybridized carbons (Fsp3) is 0.640. The number of likely N-dealkylation sites (N-methyl/N-ethyl adjacent to an activating group) is 1. The third-order valence-electron chi connectivity index (χ3n) is 5.09. The van der Waals surface area contributed by atoms with Crippen LogP contribution < -0.4 is 10.6 Å². The highest BCUT2D eigenvalue weighted by atomic mass is 32.2. The van der Waals surface area contributed by atoms with Crippen LogP contribution in [0.2, 0.25) is 0 Å². The molecule has 2 atom stereocenters. The third-order valence-corrected chi connectivity index (χ3v) is 5.74. The fourth-order valence-corrected chi connectivity index (χ4v) is 3.93. The number of benzene rings is 1. The molecule has 1 rings (SSSR count). The minimum absolute atomic E-state index is 0.0665. The van der Waals surface area contributed by atoms with Gasteiger partial charge in [0.15, 0.2) is 0 Å². The fourth-order valence-electron chi connectivity index (χ4n) is 3.46. The van der Waals surface area contributed by atoms with Crippen LogP contribution >= 0.6 is 11.8 Å². The minimum Gasteiger partial charge on any atom is -0.508 e. The topological polar surface area (TPSA) is 108 Å². The smallest absolute Gasteiger partial charge is 0.408 e. The number of amides is 3. The lowest BCUT2D eigenvalue weighted by atomic mass is 10.0. The quantitative estimate of drug-likeness (QED) is 0.353. The normalized spacial score (nSPS) is 13.0. The van der Waals surface area contributed by atoms with Gasteiger partial charge in [-0.15, -0.1) is 0 Å². The molecule has 0 heterocycles. The Morgan fingerprint density at radius 1 is 1.15 bits per heavy atom. The number of alkyl carbamates (subject to hydrolysis) is 1. The van der Waals surface area contributed by atoms with Gasteiger partial charge in [0.2, 0.25) is 11.8 Å². The van der Waals surface area contributed by atoms with E-state index in [9.17, 15) is 19.5 Å². The molecule has 0 aliphatic rings. The van der Waals surface area contributed by atoms with Gasteiger partial charge in [-0.05, 0) is 58.6 Å². The maximum absolute atomic E-state index is 13.7. The summed E-state index contributed by atoms with van der Waals surface area (Å²) < 4.78 is 5.35. The molecule has 1 aromatic carbocycles. The molecular weight excluding hydrogens is 454 g/mol. The van der Waals surface area contributed by atoms with E-state index in [4.69, 9.17) is 4.74 Å². The number of aromatic hydroxyl groups is 1. The maximum Gasteiger partial charge on any atom is 0.408 e. The zero-order chi connectivity index (χ0) is 25.7. The van der Waals surface area contributed by atoms with E-state index in [1.807, 2.05) is 6.26 Å². The summed E-state index contributed by atoms with van der Waals surface area (Å²) in [5, 5.41) is 16.1. The van der Waals surface area contributed by atoms with E-state index in [0.29, 0.717) is 24.3 Å². The number of phenols is 1. The summed E-state index contributed by atoms with van der Waals surface area (Å²) in [6.07, 6.45) is 4.43. The third kappa shape index (κ3) is 9.83. The summed E-state index contributed by atoms with van der Waals surface area (Å²) in [5.41, 5.74) is -0.371. The van der Waals surface area contributed by atoms with Crippen molar-refractivity contribution in [1.82, 2.24) is 15.5 Å². The molecular formula is C25H41N3O5S. The Balaban J connectivity index is 3.25. The molecule has 1 aromatic rings.